The van der Waals surface area contributed by atoms with Crippen molar-refractivity contribution in [2.75, 3.05) is 32.8 Å². The number of hydrogen-bond acceptors (Lipinski definition) is 3. The van der Waals surface area contributed by atoms with Crippen molar-refractivity contribution in [2.45, 2.75) is 13.0 Å². The van der Waals surface area contributed by atoms with Crippen molar-refractivity contribution in [3.05, 3.63) is 0 Å². The largest absolute Gasteiger partial charge is 0.379 e. The minimum absolute atomic E-state index is 0. The van der Waals surface area contributed by atoms with E-state index in [9.17, 15) is 0 Å². The van der Waals surface area contributed by atoms with Gasteiger partial charge in [-0.3, -0.25) is 4.90 Å². The normalized spacial score (nSPS) is 20.5. The Labute approximate surface area is 86.4 Å². The Bertz CT molecular complexity index is 97.4. The molecule has 1 saturated heterocycles. The van der Waals surface area contributed by atoms with Gasteiger partial charge in [-0.25, -0.2) is 0 Å². The fourth-order valence-electron chi connectivity index (χ4n) is 1.19. The number of nitrogens with zero attached hydrogens (tertiary/aromatic N) is 1. The lowest BCUT2D eigenvalue weighted by atomic mass is 10.3. The minimum Gasteiger partial charge on any atom is -0.379 e. The Balaban J connectivity index is 0. The van der Waals surface area contributed by atoms with Gasteiger partial charge in [0.2, 0.25) is 0 Å². The van der Waals surface area contributed by atoms with Gasteiger partial charge in [0.25, 0.3) is 0 Å². The summed E-state index contributed by atoms with van der Waals surface area (Å²) >= 11 is 0. The van der Waals surface area contributed by atoms with Gasteiger partial charge < -0.3 is 10.5 Å². The molecule has 1 aliphatic rings. The lowest BCUT2D eigenvalue weighted by molar-refractivity contribution is 0.0360. The van der Waals surface area contributed by atoms with Crippen LogP contribution in [0.5, 0.6) is 0 Å². The van der Waals surface area contributed by atoms with Gasteiger partial charge >= 0.3 is 0 Å². The highest BCUT2D eigenvalue weighted by atomic mass is 35.5. The summed E-state index contributed by atoms with van der Waals surface area (Å²) in [4.78, 5) is 2.34. The number of rotatable bonds is 2. The summed E-state index contributed by atoms with van der Waals surface area (Å²) in [6.07, 6.45) is 0. The van der Waals surface area contributed by atoms with Gasteiger partial charge in [-0.1, -0.05) is 0 Å². The first-order chi connectivity index (χ1) is 4.79. The molecule has 1 atom stereocenters. The molecule has 12 heavy (non-hydrogen) atoms. The molecule has 0 radical (unpaired) electrons. The Hall–Kier alpha value is 0.460. The van der Waals surface area contributed by atoms with E-state index in [1.165, 1.54) is 0 Å². The number of hydrogen-bond donors (Lipinski definition) is 1. The van der Waals surface area contributed by atoms with E-state index in [4.69, 9.17) is 10.5 Å². The molecule has 0 bridgehead atoms. The molecule has 0 aromatic rings. The van der Waals surface area contributed by atoms with Crippen LogP contribution < -0.4 is 5.73 Å². The zero-order chi connectivity index (χ0) is 7.40. The molecule has 1 rings (SSSR count). The van der Waals surface area contributed by atoms with Gasteiger partial charge in [0.05, 0.1) is 13.2 Å². The second-order valence-electron chi connectivity index (χ2n) is 2.89. The first-order valence-electron chi connectivity index (χ1n) is 3.84. The quantitative estimate of drug-likeness (QED) is 0.732. The summed E-state index contributed by atoms with van der Waals surface area (Å²) in [7, 11) is 0. The summed E-state index contributed by atoms with van der Waals surface area (Å²) in [6, 6.07) is 0.290. The van der Waals surface area contributed by atoms with Crippen LogP contribution in [0.3, 0.4) is 0 Å². The van der Waals surface area contributed by atoms with Crippen LogP contribution in [-0.2, 0) is 4.74 Å². The van der Waals surface area contributed by atoms with E-state index in [-0.39, 0.29) is 30.9 Å². The van der Waals surface area contributed by atoms with Crippen LogP contribution in [0.25, 0.3) is 0 Å². The van der Waals surface area contributed by atoms with Crippen molar-refractivity contribution in [3.63, 3.8) is 0 Å². The van der Waals surface area contributed by atoms with Gasteiger partial charge in [0.15, 0.2) is 0 Å². The number of nitrogens with two attached hydrogens (primary N) is 1. The van der Waals surface area contributed by atoms with Gasteiger partial charge in [-0.2, -0.15) is 0 Å². The molecule has 76 valence electrons. The zero-order valence-electron chi connectivity index (χ0n) is 7.36. The number of ether oxygens (including phenoxy) is 1. The SMILES string of the molecule is C[C@@H](N)CN1CCOCC1.Cl.Cl. The fraction of sp³-hybridized carbons (Fsp3) is 1.00. The van der Waals surface area contributed by atoms with Crippen LogP contribution >= 0.6 is 24.8 Å². The van der Waals surface area contributed by atoms with Gasteiger partial charge in [0.1, 0.15) is 0 Å². The van der Waals surface area contributed by atoms with E-state index < -0.39 is 0 Å². The Kier molecular flexibility index (Phi) is 10.1. The number of morpholine rings is 1. The van der Waals surface area contributed by atoms with E-state index in [0.29, 0.717) is 0 Å². The maximum Gasteiger partial charge on any atom is 0.0594 e. The Morgan fingerprint density at radius 3 is 2.25 bits per heavy atom. The van der Waals surface area contributed by atoms with Gasteiger partial charge in [-0.05, 0) is 6.92 Å². The van der Waals surface area contributed by atoms with E-state index in [1.54, 1.807) is 0 Å². The maximum absolute atomic E-state index is 5.64. The average molecular weight is 217 g/mol. The molecule has 0 aromatic carbocycles. The topological polar surface area (TPSA) is 38.5 Å². The zero-order valence-corrected chi connectivity index (χ0v) is 9.00. The third-order valence-corrected chi connectivity index (χ3v) is 1.65. The highest BCUT2D eigenvalue weighted by molar-refractivity contribution is 5.85. The highest BCUT2D eigenvalue weighted by Gasteiger charge is 2.10. The van der Waals surface area contributed by atoms with E-state index in [2.05, 4.69) is 4.90 Å². The summed E-state index contributed by atoms with van der Waals surface area (Å²) < 4.78 is 5.20. The molecule has 3 nitrogen and oxygen atoms in total. The molecule has 0 unspecified atom stereocenters. The van der Waals surface area contributed by atoms with Crippen LogP contribution in [0.1, 0.15) is 6.92 Å². The van der Waals surface area contributed by atoms with Gasteiger partial charge in [0, 0.05) is 25.7 Å². The molecule has 0 aromatic heterocycles. The number of halogens is 2. The van der Waals surface area contributed by atoms with Gasteiger partial charge in [-0.15, -0.1) is 24.8 Å². The molecular weight excluding hydrogens is 199 g/mol. The molecule has 0 aliphatic carbocycles. The molecule has 1 fully saturated rings. The molecule has 5 heteroatoms. The van der Waals surface area contributed by atoms with Crippen LogP contribution in [0, 0.1) is 0 Å². The van der Waals surface area contributed by atoms with E-state index in [0.717, 1.165) is 32.8 Å². The summed E-state index contributed by atoms with van der Waals surface area (Å²) in [5.74, 6) is 0. The molecule has 1 heterocycles. The minimum atomic E-state index is 0. The van der Waals surface area contributed by atoms with Crippen LogP contribution in [-0.4, -0.2) is 43.8 Å². The predicted octanol–water partition coefficient (Wildman–Crippen LogP) is 0.509. The third-order valence-electron chi connectivity index (χ3n) is 1.65. The maximum atomic E-state index is 5.64. The predicted molar refractivity (Wildman–Crippen MR) is 55.4 cm³/mol. The monoisotopic (exact) mass is 216 g/mol. The highest BCUT2D eigenvalue weighted by Crippen LogP contribution is 1.96. The average Bonchev–Trinajstić information content (AvgIpc) is 1.88. The van der Waals surface area contributed by atoms with Crippen molar-refractivity contribution in [3.8, 4) is 0 Å². The van der Waals surface area contributed by atoms with Crippen molar-refractivity contribution < 1.29 is 4.74 Å². The van der Waals surface area contributed by atoms with E-state index >= 15 is 0 Å². The van der Waals surface area contributed by atoms with E-state index in [1.807, 2.05) is 6.92 Å². The molecular formula is C7H18Cl2N2O. The molecule has 0 spiro atoms. The molecule has 0 saturated carbocycles. The summed E-state index contributed by atoms with van der Waals surface area (Å²) in [5, 5.41) is 0. The second-order valence-corrected chi connectivity index (χ2v) is 2.89. The molecule has 0 amide bonds. The third kappa shape index (κ3) is 6.03. The second kappa shape index (κ2) is 8.08. The first kappa shape index (κ1) is 15.0. The molecule has 2 N–H and O–H groups in total. The lowest BCUT2D eigenvalue weighted by Crippen LogP contribution is -2.42. The lowest BCUT2D eigenvalue weighted by Gasteiger charge is -2.27. The van der Waals surface area contributed by atoms with Crippen LogP contribution in [0.15, 0.2) is 0 Å². The Morgan fingerprint density at radius 2 is 1.83 bits per heavy atom. The van der Waals surface area contributed by atoms with Crippen LogP contribution in [0.2, 0.25) is 0 Å². The smallest absolute Gasteiger partial charge is 0.0594 e. The Morgan fingerprint density at radius 1 is 1.33 bits per heavy atom. The fourth-order valence-corrected chi connectivity index (χ4v) is 1.19. The molecule has 1 aliphatic heterocycles. The van der Waals surface area contributed by atoms with Crippen LogP contribution in [0.4, 0.5) is 0 Å². The first-order valence-corrected chi connectivity index (χ1v) is 3.84. The van der Waals surface area contributed by atoms with Crippen molar-refractivity contribution in [1.29, 1.82) is 0 Å². The summed E-state index contributed by atoms with van der Waals surface area (Å²) in [5.41, 5.74) is 5.64. The standard InChI is InChI=1S/C7H16N2O.2ClH/c1-7(8)6-9-2-4-10-5-3-9;;/h7H,2-6,8H2,1H3;2*1H/t7-;;/m1../s1. The van der Waals surface area contributed by atoms with Crippen molar-refractivity contribution in [2.24, 2.45) is 5.73 Å². The van der Waals surface area contributed by atoms with Crippen molar-refractivity contribution >= 4 is 24.8 Å². The van der Waals surface area contributed by atoms with Crippen molar-refractivity contribution in [1.82, 2.24) is 4.90 Å². The summed E-state index contributed by atoms with van der Waals surface area (Å²) in [6.45, 7) is 6.86.